The van der Waals surface area contributed by atoms with Gasteiger partial charge in [-0.3, -0.25) is 4.79 Å². The average Bonchev–Trinajstić information content (AvgIpc) is 2.38. The predicted molar refractivity (Wildman–Crippen MR) is 79.7 cm³/mol. The van der Waals surface area contributed by atoms with Crippen molar-refractivity contribution in [3.63, 3.8) is 0 Å². The lowest BCUT2D eigenvalue weighted by molar-refractivity contribution is 0.510. The van der Waals surface area contributed by atoms with E-state index in [4.69, 9.17) is 17.3 Å². The molecule has 1 unspecified atom stereocenters. The van der Waals surface area contributed by atoms with Gasteiger partial charge in [0, 0.05) is 19.1 Å². The smallest absolute Gasteiger partial charge is 0.287 e. The van der Waals surface area contributed by atoms with E-state index in [0.717, 1.165) is 12.8 Å². The minimum Gasteiger partial charge on any atom is -0.381 e. The summed E-state index contributed by atoms with van der Waals surface area (Å²) in [6, 6.07) is 0.0126. The maximum atomic E-state index is 12.0. The zero-order chi connectivity index (χ0) is 14.4. The van der Waals surface area contributed by atoms with Crippen molar-refractivity contribution in [3.8, 4) is 0 Å². The second-order valence-electron chi connectivity index (χ2n) is 5.04. The number of anilines is 1. The first-order chi connectivity index (χ1) is 8.97. The monoisotopic (exact) mass is 286 g/mol. The van der Waals surface area contributed by atoms with Crippen LogP contribution in [-0.4, -0.2) is 22.4 Å². The molecule has 3 N–H and O–H groups in total. The topological polar surface area (TPSA) is 72.9 Å². The lowest BCUT2D eigenvalue weighted by Gasteiger charge is -2.17. The van der Waals surface area contributed by atoms with Crippen molar-refractivity contribution >= 4 is 17.3 Å². The van der Waals surface area contributed by atoms with Crippen molar-refractivity contribution in [2.24, 2.45) is 11.7 Å². The second kappa shape index (κ2) is 7.50. The number of hydrogen-bond acceptors (Lipinski definition) is 4. The molecule has 5 nitrogen and oxygen atoms in total. The SMILES string of the molecule is CCCCn1ncc(NCC(N)C(C)C)c(Cl)c1=O. The molecule has 0 amide bonds. The van der Waals surface area contributed by atoms with Gasteiger partial charge in [-0.2, -0.15) is 5.10 Å². The van der Waals surface area contributed by atoms with Crippen LogP contribution < -0.4 is 16.6 Å². The van der Waals surface area contributed by atoms with Crippen molar-refractivity contribution in [1.29, 1.82) is 0 Å². The molecule has 19 heavy (non-hydrogen) atoms. The first kappa shape index (κ1) is 16.0. The van der Waals surface area contributed by atoms with Gasteiger partial charge >= 0.3 is 0 Å². The van der Waals surface area contributed by atoms with Gasteiger partial charge in [-0.1, -0.05) is 38.8 Å². The van der Waals surface area contributed by atoms with Crippen LogP contribution in [0, 0.1) is 5.92 Å². The molecule has 1 atom stereocenters. The Morgan fingerprint density at radius 1 is 1.53 bits per heavy atom. The van der Waals surface area contributed by atoms with Gasteiger partial charge in [0.2, 0.25) is 0 Å². The molecule has 6 heteroatoms. The van der Waals surface area contributed by atoms with Gasteiger partial charge in [-0.15, -0.1) is 0 Å². The Labute approximate surface area is 119 Å². The van der Waals surface area contributed by atoms with Crippen LogP contribution in [0.15, 0.2) is 11.0 Å². The third-order valence-electron chi connectivity index (χ3n) is 3.09. The zero-order valence-corrected chi connectivity index (χ0v) is 12.6. The molecule has 0 saturated heterocycles. The van der Waals surface area contributed by atoms with Crippen LogP contribution in [0.5, 0.6) is 0 Å². The van der Waals surface area contributed by atoms with Gasteiger partial charge in [0.05, 0.1) is 11.9 Å². The van der Waals surface area contributed by atoms with Gasteiger partial charge in [0.1, 0.15) is 5.02 Å². The van der Waals surface area contributed by atoms with Crippen molar-refractivity contribution in [2.75, 3.05) is 11.9 Å². The van der Waals surface area contributed by atoms with E-state index in [9.17, 15) is 4.79 Å². The van der Waals surface area contributed by atoms with Gasteiger partial charge in [-0.25, -0.2) is 4.68 Å². The van der Waals surface area contributed by atoms with Gasteiger partial charge in [0.15, 0.2) is 0 Å². The van der Waals surface area contributed by atoms with E-state index in [2.05, 4.69) is 31.2 Å². The fraction of sp³-hybridized carbons (Fsp3) is 0.692. The molecular weight excluding hydrogens is 264 g/mol. The number of aryl methyl sites for hydroxylation is 1. The fourth-order valence-corrected chi connectivity index (χ4v) is 1.73. The van der Waals surface area contributed by atoms with E-state index < -0.39 is 0 Å². The van der Waals surface area contributed by atoms with Gasteiger partial charge in [0.25, 0.3) is 5.56 Å². The second-order valence-corrected chi connectivity index (χ2v) is 5.42. The minimum absolute atomic E-state index is 0.0126. The number of unbranched alkanes of at least 4 members (excludes halogenated alkanes) is 1. The molecular formula is C13H23ClN4O. The van der Waals surface area contributed by atoms with Crippen LogP contribution in [0.3, 0.4) is 0 Å². The number of hydrogen-bond donors (Lipinski definition) is 2. The Kier molecular flexibility index (Phi) is 6.31. The Morgan fingerprint density at radius 2 is 2.21 bits per heavy atom. The number of nitrogens with zero attached hydrogens (tertiary/aromatic N) is 2. The van der Waals surface area contributed by atoms with Gasteiger partial charge < -0.3 is 11.1 Å². The van der Waals surface area contributed by atoms with Crippen LogP contribution in [-0.2, 0) is 6.54 Å². The third-order valence-corrected chi connectivity index (χ3v) is 3.46. The number of nitrogens with two attached hydrogens (primary N) is 1. The van der Waals surface area contributed by atoms with Crippen molar-refractivity contribution in [1.82, 2.24) is 9.78 Å². The van der Waals surface area contributed by atoms with Crippen molar-refractivity contribution < 1.29 is 0 Å². The summed E-state index contributed by atoms with van der Waals surface area (Å²) < 4.78 is 1.40. The average molecular weight is 287 g/mol. The molecule has 1 rings (SSSR count). The summed E-state index contributed by atoms with van der Waals surface area (Å²) in [4.78, 5) is 12.0. The van der Waals surface area contributed by atoms with Crippen molar-refractivity contribution in [2.45, 2.75) is 46.2 Å². The number of aromatic nitrogens is 2. The van der Waals surface area contributed by atoms with Crippen LogP contribution >= 0.6 is 11.6 Å². The molecule has 0 fully saturated rings. The quantitative estimate of drug-likeness (QED) is 0.805. The largest absolute Gasteiger partial charge is 0.381 e. The van der Waals surface area contributed by atoms with Crippen LogP contribution in [0.2, 0.25) is 5.02 Å². The summed E-state index contributed by atoms with van der Waals surface area (Å²) in [6.07, 6.45) is 3.51. The molecule has 0 aliphatic rings. The molecule has 0 saturated carbocycles. The summed E-state index contributed by atoms with van der Waals surface area (Å²) in [5, 5.41) is 7.38. The summed E-state index contributed by atoms with van der Waals surface area (Å²) in [7, 11) is 0. The van der Waals surface area contributed by atoms with Crippen LogP contribution in [0.1, 0.15) is 33.6 Å². The maximum Gasteiger partial charge on any atom is 0.287 e. The molecule has 1 aromatic rings. The van der Waals surface area contributed by atoms with Gasteiger partial charge in [-0.05, 0) is 12.3 Å². The highest BCUT2D eigenvalue weighted by Crippen LogP contribution is 2.15. The molecule has 0 aliphatic carbocycles. The third kappa shape index (κ3) is 4.51. The van der Waals surface area contributed by atoms with Crippen LogP contribution in [0.25, 0.3) is 0 Å². The van der Waals surface area contributed by atoms with E-state index in [1.165, 1.54) is 4.68 Å². The summed E-state index contributed by atoms with van der Waals surface area (Å²) in [6.45, 7) is 7.33. The first-order valence-corrected chi connectivity index (χ1v) is 7.10. The maximum absolute atomic E-state index is 12.0. The fourth-order valence-electron chi connectivity index (χ4n) is 1.52. The van der Waals surface area contributed by atoms with Crippen LogP contribution in [0.4, 0.5) is 5.69 Å². The molecule has 108 valence electrons. The predicted octanol–water partition coefficient (Wildman–Crippen LogP) is 2.09. The highest BCUT2D eigenvalue weighted by Gasteiger charge is 2.11. The number of halogens is 1. The van der Waals surface area contributed by atoms with E-state index in [-0.39, 0.29) is 16.6 Å². The highest BCUT2D eigenvalue weighted by molar-refractivity contribution is 6.32. The molecule has 0 aromatic carbocycles. The van der Waals surface area contributed by atoms with E-state index in [0.29, 0.717) is 24.7 Å². The molecule has 0 bridgehead atoms. The standard InChI is InChI=1S/C13H23ClN4O/c1-4-5-6-18-13(19)12(14)11(8-17-18)16-7-10(15)9(2)3/h8-10,16H,4-7,15H2,1-3H3. The Balaban J connectivity index is 2.76. The first-order valence-electron chi connectivity index (χ1n) is 6.72. The van der Waals surface area contributed by atoms with Crippen molar-refractivity contribution in [3.05, 3.63) is 21.6 Å². The molecule has 0 spiro atoms. The summed E-state index contributed by atoms with van der Waals surface area (Å²) in [5.41, 5.74) is 6.24. The molecule has 0 radical (unpaired) electrons. The van der Waals surface area contributed by atoms with E-state index in [1.807, 2.05) is 0 Å². The zero-order valence-electron chi connectivity index (χ0n) is 11.8. The Hall–Kier alpha value is -1.07. The molecule has 1 aromatic heterocycles. The number of nitrogens with one attached hydrogen (secondary N) is 1. The Bertz CT molecular complexity index is 458. The highest BCUT2D eigenvalue weighted by atomic mass is 35.5. The lowest BCUT2D eigenvalue weighted by Crippen LogP contribution is -2.34. The Morgan fingerprint density at radius 3 is 2.79 bits per heavy atom. The summed E-state index contributed by atoms with van der Waals surface area (Å²) in [5.74, 6) is 0.365. The molecule has 0 aliphatic heterocycles. The molecule has 1 heterocycles. The lowest BCUT2D eigenvalue weighted by atomic mass is 10.1. The summed E-state index contributed by atoms with van der Waals surface area (Å²) >= 11 is 6.06. The minimum atomic E-state index is -0.252. The number of rotatable bonds is 7. The normalized spacial score (nSPS) is 12.7. The van der Waals surface area contributed by atoms with E-state index in [1.54, 1.807) is 6.20 Å². The van der Waals surface area contributed by atoms with E-state index >= 15 is 0 Å².